The van der Waals surface area contributed by atoms with E-state index in [1.165, 1.54) is 13.8 Å². The highest BCUT2D eigenvalue weighted by molar-refractivity contribution is 7.92. The number of carbonyl (C=O) groups is 1. The molecule has 0 aliphatic heterocycles. The molecule has 15 heteroatoms. The highest BCUT2D eigenvalue weighted by atomic mass is 32.2. The van der Waals surface area contributed by atoms with Crippen LogP contribution in [0.1, 0.15) is 61.1 Å². The van der Waals surface area contributed by atoms with Crippen LogP contribution in [-0.4, -0.2) is 44.8 Å². The lowest BCUT2D eigenvalue weighted by atomic mass is 9.87. The Kier molecular flexibility index (Phi) is 8.75. The Morgan fingerprint density at radius 2 is 1.54 bits per heavy atom. The van der Waals surface area contributed by atoms with E-state index in [9.17, 15) is 48.0 Å². The largest absolute Gasteiger partial charge is 0.417 e. The number of pyridine rings is 1. The fourth-order valence-corrected chi connectivity index (χ4v) is 7.19. The molecule has 0 saturated heterocycles. The van der Waals surface area contributed by atoms with Gasteiger partial charge in [-0.25, -0.2) is 21.8 Å². The van der Waals surface area contributed by atoms with E-state index in [2.05, 4.69) is 10.3 Å². The number of carbonyl (C=O) groups excluding carboxylic acids is 1. The number of nitrogens with zero attached hydrogens (tertiary/aromatic N) is 1. The Morgan fingerprint density at radius 1 is 0.949 bits per heavy atom. The van der Waals surface area contributed by atoms with Crippen molar-refractivity contribution in [3.63, 3.8) is 0 Å². The number of benzene rings is 1. The van der Waals surface area contributed by atoms with Crippen molar-refractivity contribution in [3.05, 3.63) is 53.3 Å². The number of nitrogens with one attached hydrogen (secondary N) is 1. The maximum absolute atomic E-state index is 13.2. The molecule has 0 spiro atoms. The minimum atomic E-state index is -4.88. The maximum atomic E-state index is 13.2. The second kappa shape index (κ2) is 11.1. The summed E-state index contributed by atoms with van der Waals surface area (Å²) in [6.45, 7) is 2.51. The van der Waals surface area contributed by atoms with Crippen molar-refractivity contribution < 1.29 is 48.0 Å². The average molecular weight is 601 g/mol. The Labute approximate surface area is 221 Å². The molecule has 1 amide bonds. The summed E-state index contributed by atoms with van der Waals surface area (Å²) in [5, 5.41) is 1.44. The average Bonchev–Trinajstić information content (AvgIpc) is 2.83. The SMILES string of the molecule is CC(C)S(=O)(=O)c1cc(C(F)(F)F)cnc1C(=O)NC1CCC(CS(=O)(=O)c2cccc(C(F)(F)F)c2)CC1. The topological polar surface area (TPSA) is 110 Å². The van der Waals surface area contributed by atoms with Gasteiger partial charge in [0, 0.05) is 12.2 Å². The maximum Gasteiger partial charge on any atom is 0.417 e. The minimum absolute atomic E-state index is 0.265. The Hall–Kier alpha value is -2.68. The second-order valence-corrected chi connectivity index (χ2v) is 14.2. The van der Waals surface area contributed by atoms with Gasteiger partial charge in [-0.3, -0.25) is 4.79 Å². The number of hydrogen-bond donors (Lipinski definition) is 1. The molecule has 1 fully saturated rings. The van der Waals surface area contributed by atoms with Crippen LogP contribution in [0.25, 0.3) is 0 Å². The number of aromatic nitrogens is 1. The number of sulfone groups is 2. The predicted octanol–water partition coefficient (Wildman–Crippen LogP) is 5.06. The van der Waals surface area contributed by atoms with Crippen LogP contribution in [-0.2, 0) is 32.0 Å². The first-order chi connectivity index (χ1) is 17.8. The van der Waals surface area contributed by atoms with Crippen LogP contribution >= 0.6 is 0 Å². The number of halogens is 6. The van der Waals surface area contributed by atoms with E-state index in [1.54, 1.807) is 0 Å². The number of hydrogen-bond acceptors (Lipinski definition) is 6. The Morgan fingerprint density at radius 3 is 2.08 bits per heavy atom. The lowest BCUT2D eigenvalue weighted by molar-refractivity contribution is -0.138. The van der Waals surface area contributed by atoms with Crippen LogP contribution < -0.4 is 5.32 Å². The van der Waals surface area contributed by atoms with Crippen molar-refractivity contribution in [2.45, 2.75) is 73.0 Å². The van der Waals surface area contributed by atoms with Crippen LogP contribution in [0.2, 0.25) is 0 Å². The third-order valence-corrected chi connectivity index (χ3v) is 10.5. The third kappa shape index (κ3) is 7.29. The molecule has 0 unspecified atom stereocenters. The number of amides is 1. The molecule has 0 radical (unpaired) electrons. The first-order valence-electron chi connectivity index (χ1n) is 11.8. The lowest BCUT2D eigenvalue weighted by Crippen LogP contribution is -2.39. The van der Waals surface area contributed by atoms with E-state index in [0.29, 0.717) is 31.2 Å². The monoisotopic (exact) mass is 600 g/mol. The minimum Gasteiger partial charge on any atom is -0.348 e. The summed E-state index contributed by atoms with van der Waals surface area (Å²) in [5.74, 6) is -1.78. The van der Waals surface area contributed by atoms with Gasteiger partial charge in [0.25, 0.3) is 5.91 Å². The molecule has 216 valence electrons. The number of rotatable bonds is 7. The first-order valence-corrected chi connectivity index (χ1v) is 15.0. The van der Waals surface area contributed by atoms with E-state index in [1.807, 2.05) is 0 Å². The fraction of sp³-hybridized carbons (Fsp3) is 0.500. The van der Waals surface area contributed by atoms with E-state index >= 15 is 0 Å². The highest BCUT2D eigenvalue weighted by Crippen LogP contribution is 2.34. The van der Waals surface area contributed by atoms with Gasteiger partial charge in [0.15, 0.2) is 19.7 Å². The lowest BCUT2D eigenvalue weighted by Gasteiger charge is -2.29. The van der Waals surface area contributed by atoms with Crippen molar-refractivity contribution in [1.29, 1.82) is 0 Å². The zero-order valence-corrected chi connectivity index (χ0v) is 22.4. The van der Waals surface area contributed by atoms with Crippen molar-refractivity contribution in [2.24, 2.45) is 5.92 Å². The summed E-state index contributed by atoms with van der Waals surface area (Å²) < 4.78 is 129. The molecule has 1 N–H and O–H groups in total. The van der Waals surface area contributed by atoms with Gasteiger partial charge in [-0.1, -0.05) is 6.07 Å². The Balaban J connectivity index is 1.70. The molecule has 0 bridgehead atoms. The summed E-state index contributed by atoms with van der Waals surface area (Å²) in [6.07, 6.45) is -8.08. The molecule has 1 aromatic heterocycles. The highest BCUT2D eigenvalue weighted by Gasteiger charge is 2.37. The van der Waals surface area contributed by atoms with Gasteiger partial charge in [0.2, 0.25) is 0 Å². The van der Waals surface area contributed by atoms with Gasteiger partial charge in [-0.05, 0) is 69.7 Å². The van der Waals surface area contributed by atoms with E-state index < -0.39 is 87.5 Å². The van der Waals surface area contributed by atoms with Crippen molar-refractivity contribution in [2.75, 3.05) is 5.75 Å². The van der Waals surface area contributed by atoms with Crippen LogP contribution in [0.3, 0.4) is 0 Å². The second-order valence-electron chi connectivity index (χ2n) is 9.66. The summed E-state index contributed by atoms with van der Waals surface area (Å²) >= 11 is 0. The molecule has 1 saturated carbocycles. The zero-order chi connectivity index (χ0) is 29.4. The van der Waals surface area contributed by atoms with Crippen molar-refractivity contribution in [1.82, 2.24) is 10.3 Å². The summed E-state index contributed by atoms with van der Waals surface area (Å²) in [5.41, 5.74) is -3.07. The molecule has 2 aromatic rings. The molecule has 1 aromatic carbocycles. The molecule has 1 heterocycles. The van der Waals surface area contributed by atoms with Gasteiger partial charge < -0.3 is 5.32 Å². The zero-order valence-electron chi connectivity index (χ0n) is 20.8. The standard InChI is InChI=1S/C24H26F6N2O5S2/c1-14(2)39(36,37)20-11-17(24(28,29)30)12-31-21(20)22(33)32-18-8-6-15(7-9-18)13-38(34,35)19-5-3-4-16(10-19)23(25,26)27/h3-5,10-12,14-15,18H,6-9,13H2,1-2H3,(H,32,33). The molecule has 39 heavy (non-hydrogen) atoms. The molecular formula is C24H26F6N2O5S2. The van der Waals surface area contributed by atoms with Crippen LogP contribution in [0.5, 0.6) is 0 Å². The third-order valence-electron chi connectivity index (χ3n) is 6.48. The summed E-state index contributed by atoms with van der Waals surface area (Å²) in [6, 6.07) is 3.31. The summed E-state index contributed by atoms with van der Waals surface area (Å²) in [4.78, 5) is 15.1. The van der Waals surface area contributed by atoms with Crippen LogP contribution in [0, 0.1) is 5.92 Å². The van der Waals surface area contributed by atoms with Crippen molar-refractivity contribution >= 4 is 25.6 Å². The fourth-order valence-electron chi connectivity index (χ4n) is 4.24. The molecule has 7 nitrogen and oxygen atoms in total. The van der Waals surface area contributed by atoms with Gasteiger partial charge >= 0.3 is 12.4 Å². The van der Waals surface area contributed by atoms with Crippen LogP contribution in [0.15, 0.2) is 46.3 Å². The van der Waals surface area contributed by atoms with Gasteiger partial charge in [0.05, 0.1) is 31.9 Å². The van der Waals surface area contributed by atoms with E-state index in [-0.39, 0.29) is 12.8 Å². The Bertz CT molecular complexity index is 1430. The molecule has 1 aliphatic carbocycles. The van der Waals surface area contributed by atoms with Gasteiger partial charge in [-0.2, -0.15) is 26.3 Å². The smallest absolute Gasteiger partial charge is 0.348 e. The molecule has 3 rings (SSSR count). The van der Waals surface area contributed by atoms with Gasteiger partial charge in [0.1, 0.15) is 5.69 Å². The normalized spacial score (nSPS) is 19.2. The van der Waals surface area contributed by atoms with E-state index in [4.69, 9.17) is 0 Å². The number of alkyl halides is 6. The van der Waals surface area contributed by atoms with E-state index in [0.717, 1.165) is 18.2 Å². The molecule has 1 aliphatic rings. The van der Waals surface area contributed by atoms with Crippen LogP contribution in [0.4, 0.5) is 26.3 Å². The summed E-state index contributed by atoms with van der Waals surface area (Å²) in [7, 11) is -8.33. The molecule has 0 atom stereocenters. The van der Waals surface area contributed by atoms with Crippen molar-refractivity contribution in [3.8, 4) is 0 Å². The quantitative estimate of drug-likeness (QED) is 0.445. The first kappa shape index (κ1) is 30.9. The molecular weight excluding hydrogens is 574 g/mol. The predicted molar refractivity (Wildman–Crippen MR) is 128 cm³/mol. The van der Waals surface area contributed by atoms with Gasteiger partial charge in [-0.15, -0.1) is 0 Å².